The lowest BCUT2D eigenvalue weighted by Crippen LogP contribution is -2.15. The van der Waals surface area contributed by atoms with E-state index < -0.39 is 5.60 Å². The van der Waals surface area contributed by atoms with Crippen molar-refractivity contribution in [3.8, 4) is 0 Å². The highest BCUT2D eigenvalue weighted by molar-refractivity contribution is 4.63. The molecule has 1 radical (unpaired) electrons. The standard InChI is InChI=1S/C9H19O/c1-4-5-6-7-8-9(2,3)10/h4-8H2,1-3H3. The second kappa shape index (κ2) is 4.73. The Morgan fingerprint density at radius 2 is 1.70 bits per heavy atom. The van der Waals surface area contributed by atoms with E-state index in [2.05, 4.69) is 6.92 Å². The van der Waals surface area contributed by atoms with E-state index in [1.54, 1.807) is 13.8 Å². The van der Waals surface area contributed by atoms with Gasteiger partial charge in [-0.05, 0) is 20.3 Å². The Balaban J connectivity index is 3.04. The third-order valence-corrected chi connectivity index (χ3v) is 1.63. The van der Waals surface area contributed by atoms with Crippen LogP contribution in [0.5, 0.6) is 0 Å². The fraction of sp³-hybridized carbons (Fsp3) is 1.00. The lowest BCUT2D eigenvalue weighted by Gasteiger charge is -2.12. The third kappa shape index (κ3) is 7.96. The Hall–Kier alpha value is -0.0400. The van der Waals surface area contributed by atoms with Crippen LogP contribution < -0.4 is 0 Å². The number of hydrogen-bond acceptors (Lipinski definition) is 0. The van der Waals surface area contributed by atoms with Crippen molar-refractivity contribution in [1.29, 1.82) is 0 Å². The summed E-state index contributed by atoms with van der Waals surface area (Å²) in [5, 5.41) is 11.1. The van der Waals surface area contributed by atoms with E-state index in [1.165, 1.54) is 19.3 Å². The zero-order chi connectivity index (χ0) is 8.04. The Morgan fingerprint density at radius 3 is 2.10 bits per heavy atom. The molecular weight excluding hydrogens is 124 g/mol. The van der Waals surface area contributed by atoms with Gasteiger partial charge in [-0.25, -0.2) is 5.11 Å². The summed E-state index contributed by atoms with van der Waals surface area (Å²) in [6.45, 7) is 5.71. The van der Waals surface area contributed by atoms with Gasteiger partial charge in [0.1, 0.15) is 0 Å². The molecule has 1 heteroatoms. The molecule has 0 aliphatic carbocycles. The van der Waals surface area contributed by atoms with Gasteiger partial charge < -0.3 is 0 Å². The molecule has 0 saturated heterocycles. The normalized spacial score (nSPS) is 12.0. The molecule has 0 unspecified atom stereocenters. The minimum absolute atomic E-state index is 0.701. The highest BCUT2D eigenvalue weighted by Gasteiger charge is 2.13. The smallest absolute Gasteiger partial charge is 0.0980 e. The maximum atomic E-state index is 11.1. The van der Waals surface area contributed by atoms with E-state index in [-0.39, 0.29) is 0 Å². The maximum Gasteiger partial charge on any atom is 0.0980 e. The molecule has 0 aromatic carbocycles. The Kier molecular flexibility index (Phi) is 4.71. The first-order chi connectivity index (χ1) is 4.56. The van der Waals surface area contributed by atoms with Crippen molar-refractivity contribution in [2.75, 3.05) is 0 Å². The first-order valence-corrected chi connectivity index (χ1v) is 4.26. The number of hydrogen-bond donors (Lipinski definition) is 0. The van der Waals surface area contributed by atoms with Crippen LogP contribution in [-0.4, -0.2) is 5.60 Å². The van der Waals surface area contributed by atoms with Crippen molar-refractivity contribution in [3.05, 3.63) is 0 Å². The van der Waals surface area contributed by atoms with E-state index in [0.29, 0.717) is 0 Å². The van der Waals surface area contributed by atoms with Gasteiger partial charge in [0.25, 0.3) is 0 Å². The molecule has 10 heavy (non-hydrogen) atoms. The molecule has 0 N–H and O–H groups in total. The zero-order valence-corrected chi connectivity index (χ0v) is 7.44. The van der Waals surface area contributed by atoms with Crippen molar-refractivity contribution >= 4 is 0 Å². The summed E-state index contributed by atoms with van der Waals surface area (Å²) in [5.41, 5.74) is -0.701. The second-order valence-electron chi connectivity index (χ2n) is 3.57. The highest BCUT2D eigenvalue weighted by Crippen LogP contribution is 2.14. The van der Waals surface area contributed by atoms with Gasteiger partial charge in [0.15, 0.2) is 0 Å². The molecule has 0 aromatic heterocycles. The highest BCUT2D eigenvalue weighted by atomic mass is 16.3. The molecule has 0 aliphatic heterocycles. The van der Waals surface area contributed by atoms with E-state index >= 15 is 0 Å². The summed E-state index contributed by atoms with van der Waals surface area (Å²) >= 11 is 0. The fourth-order valence-electron chi connectivity index (χ4n) is 0.977. The average Bonchev–Trinajstić information content (AvgIpc) is 1.78. The Bertz CT molecular complexity index is 71.3. The molecule has 0 saturated carbocycles. The largest absolute Gasteiger partial charge is 0.230 e. The van der Waals surface area contributed by atoms with Crippen LogP contribution in [0.3, 0.4) is 0 Å². The van der Waals surface area contributed by atoms with E-state index in [9.17, 15) is 5.11 Å². The molecule has 0 heterocycles. The van der Waals surface area contributed by atoms with Crippen LogP contribution in [0.15, 0.2) is 0 Å². The molecule has 0 aliphatic rings. The van der Waals surface area contributed by atoms with Gasteiger partial charge in [-0.2, -0.15) is 0 Å². The first-order valence-electron chi connectivity index (χ1n) is 4.26. The van der Waals surface area contributed by atoms with Crippen LogP contribution >= 0.6 is 0 Å². The summed E-state index contributed by atoms with van der Waals surface area (Å²) < 4.78 is 0. The van der Waals surface area contributed by atoms with Crippen molar-refractivity contribution in [3.63, 3.8) is 0 Å². The van der Waals surface area contributed by atoms with E-state index in [1.807, 2.05) is 0 Å². The summed E-state index contributed by atoms with van der Waals surface area (Å²) in [6.07, 6.45) is 5.68. The van der Waals surface area contributed by atoms with Crippen LogP contribution in [0.1, 0.15) is 52.9 Å². The monoisotopic (exact) mass is 143 g/mol. The van der Waals surface area contributed by atoms with Gasteiger partial charge in [0.2, 0.25) is 0 Å². The quantitative estimate of drug-likeness (QED) is 0.527. The van der Waals surface area contributed by atoms with Crippen molar-refractivity contribution in [2.24, 2.45) is 0 Å². The Morgan fingerprint density at radius 1 is 1.10 bits per heavy atom. The van der Waals surface area contributed by atoms with Crippen molar-refractivity contribution in [2.45, 2.75) is 58.5 Å². The second-order valence-corrected chi connectivity index (χ2v) is 3.57. The molecule has 0 rings (SSSR count). The summed E-state index contributed by atoms with van der Waals surface area (Å²) in [5.74, 6) is 0. The maximum absolute atomic E-state index is 11.1. The van der Waals surface area contributed by atoms with Crippen LogP contribution in [0.2, 0.25) is 0 Å². The van der Waals surface area contributed by atoms with Crippen LogP contribution in [0.4, 0.5) is 0 Å². The predicted molar refractivity (Wildman–Crippen MR) is 43.5 cm³/mol. The minimum atomic E-state index is -0.701. The van der Waals surface area contributed by atoms with E-state index in [0.717, 1.165) is 12.8 Å². The summed E-state index contributed by atoms with van der Waals surface area (Å²) in [4.78, 5) is 0. The molecular formula is C9H19O. The van der Waals surface area contributed by atoms with Crippen LogP contribution in [-0.2, 0) is 5.11 Å². The summed E-state index contributed by atoms with van der Waals surface area (Å²) in [7, 11) is 0. The molecule has 61 valence electrons. The predicted octanol–water partition coefficient (Wildman–Crippen LogP) is 3.17. The molecule has 0 fully saturated rings. The molecule has 1 nitrogen and oxygen atoms in total. The van der Waals surface area contributed by atoms with Gasteiger partial charge in [-0.3, -0.25) is 0 Å². The van der Waals surface area contributed by atoms with Gasteiger partial charge in [0.05, 0.1) is 5.60 Å². The van der Waals surface area contributed by atoms with Crippen LogP contribution in [0, 0.1) is 0 Å². The van der Waals surface area contributed by atoms with Gasteiger partial charge in [0, 0.05) is 0 Å². The van der Waals surface area contributed by atoms with Gasteiger partial charge in [-0.15, -0.1) is 0 Å². The van der Waals surface area contributed by atoms with Crippen LogP contribution in [0.25, 0.3) is 0 Å². The topological polar surface area (TPSA) is 19.9 Å². The number of unbranched alkanes of at least 4 members (excludes halogenated alkanes) is 3. The summed E-state index contributed by atoms with van der Waals surface area (Å²) in [6, 6.07) is 0. The lowest BCUT2D eigenvalue weighted by molar-refractivity contribution is -0.00508. The van der Waals surface area contributed by atoms with Crippen molar-refractivity contribution < 1.29 is 5.11 Å². The molecule has 0 bridgehead atoms. The first kappa shape index (κ1) is 9.96. The average molecular weight is 143 g/mol. The van der Waals surface area contributed by atoms with Crippen molar-refractivity contribution in [1.82, 2.24) is 0 Å². The van der Waals surface area contributed by atoms with Gasteiger partial charge >= 0.3 is 0 Å². The zero-order valence-electron chi connectivity index (χ0n) is 7.44. The SMILES string of the molecule is CCCCCCC(C)(C)[O]. The Labute approximate surface area is 64.5 Å². The fourth-order valence-corrected chi connectivity index (χ4v) is 0.977. The minimum Gasteiger partial charge on any atom is -0.230 e. The third-order valence-electron chi connectivity index (χ3n) is 1.63. The molecule has 0 spiro atoms. The van der Waals surface area contributed by atoms with Gasteiger partial charge in [-0.1, -0.05) is 32.6 Å². The van der Waals surface area contributed by atoms with E-state index in [4.69, 9.17) is 0 Å². The molecule has 0 amide bonds. The lowest BCUT2D eigenvalue weighted by atomic mass is 10.0. The molecule has 0 atom stereocenters. The molecule has 0 aromatic rings. The number of rotatable bonds is 5.